The van der Waals surface area contributed by atoms with Crippen LogP contribution in [-0.2, 0) is 0 Å². The van der Waals surface area contributed by atoms with Crippen molar-refractivity contribution >= 4 is 88.2 Å². The van der Waals surface area contributed by atoms with Gasteiger partial charge in [0.1, 0.15) is 0 Å². The molecule has 0 fully saturated rings. The molecule has 0 bridgehead atoms. The third kappa shape index (κ3) is 4.46. The van der Waals surface area contributed by atoms with Gasteiger partial charge in [-0.2, -0.15) is 0 Å². The summed E-state index contributed by atoms with van der Waals surface area (Å²) in [5.41, 5.74) is 10.5. The summed E-state index contributed by atoms with van der Waals surface area (Å²) < 4.78 is 2.94. The van der Waals surface area contributed by atoms with Gasteiger partial charge in [0.15, 0.2) is 0 Å². The first kappa shape index (κ1) is 29.9. The number of hydrogen-bond acceptors (Lipinski definition) is 1. The average Bonchev–Trinajstić information content (AvgIpc) is 3.88. The molecule has 0 atom stereocenters. The van der Waals surface area contributed by atoms with E-state index in [-0.39, 0.29) is 14.5 Å². The van der Waals surface area contributed by atoms with Gasteiger partial charge in [-0.3, -0.25) is 0 Å². The number of rotatable bonds is 4. The Morgan fingerprint density at radius 2 is 0.808 bits per heavy atom. The van der Waals surface area contributed by atoms with Crippen LogP contribution < -0.4 is 0 Å². The van der Waals surface area contributed by atoms with Crippen molar-refractivity contribution < 1.29 is 0 Å². The maximum absolute atomic E-state index is 2.51. The molecule has 2 heteroatoms. The van der Waals surface area contributed by atoms with E-state index in [2.05, 4.69) is 181 Å². The molecule has 52 heavy (non-hydrogen) atoms. The summed E-state index contributed by atoms with van der Waals surface area (Å²) in [6.07, 6.45) is 0. The van der Waals surface area contributed by atoms with Crippen molar-refractivity contribution in [1.29, 1.82) is 0 Å². The van der Waals surface area contributed by atoms with Crippen LogP contribution in [0.3, 0.4) is 0 Å². The number of fused-ring (bicyclic) bond motifs is 7. The van der Waals surface area contributed by atoms with Crippen LogP contribution in [0.4, 0.5) is 0 Å². The molecule has 0 amide bonds. The van der Waals surface area contributed by atoms with Gasteiger partial charge in [0, 0.05) is 0 Å². The van der Waals surface area contributed by atoms with Crippen LogP contribution in [0.15, 0.2) is 181 Å². The van der Waals surface area contributed by atoms with Gasteiger partial charge >= 0.3 is 313 Å². The minimum absolute atomic E-state index is 0.140. The summed E-state index contributed by atoms with van der Waals surface area (Å²) in [6, 6.07) is 63.4. The molecule has 242 valence electrons. The molecule has 2 heterocycles. The number of benzene rings is 9. The second-order valence-corrected chi connectivity index (χ2v) is 16.5. The zero-order valence-electron chi connectivity index (χ0n) is 28.1. The van der Waals surface area contributed by atoms with Crippen LogP contribution in [0, 0.1) is 0 Å². The fourth-order valence-electron chi connectivity index (χ4n) is 8.64. The van der Waals surface area contributed by atoms with Crippen molar-refractivity contribution in [3.05, 3.63) is 181 Å². The maximum atomic E-state index is 2.51. The summed E-state index contributed by atoms with van der Waals surface area (Å²) in [5, 5.41) is 17.7. The van der Waals surface area contributed by atoms with Crippen LogP contribution in [-0.4, -0.2) is 14.5 Å². The second-order valence-electron chi connectivity index (χ2n) is 13.6. The predicted molar refractivity (Wildman–Crippen MR) is 228 cm³/mol. The Hall–Kier alpha value is -5.76. The van der Waals surface area contributed by atoms with E-state index in [4.69, 9.17) is 0 Å². The van der Waals surface area contributed by atoms with Crippen LogP contribution in [0.25, 0.3) is 107 Å². The van der Waals surface area contributed by atoms with Gasteiger partial charge in [-0.15, -0.1) is 0 Å². The molecule has 11 rings (SSSR count). The molecule has 0 nitrogen and oxygen atoms in total. The van der Waals surface area contributed by atoms with E-state index in [9.17, 15) is 0 Å². The Morgan fingerprint density at radius 3 is 1.35 bits per heavy atom. The van der Waals surface area contributed by atoms with Crippen LogP contribution in [0.5, 0.6) is 0 Å². The Morgan fingerprint density at radius 1 is 0.327 bits per heavy atom. The van der Waals surface area contributed by atoms with Crippen LogP contribution in [0.2, 0.25) is 0 Å². The topological polar surface area (TPSA) is 0 Å². The van der Waals surface area contributed by atoms with Crippen LogP contribution >= 0.6 is 11.3 Å². The van der Waals surface area contributed by atoms with Gasteiger partial charge in [-0.05, 0) is 0 Å². The summed E-state index contributed by atoms with van der Waals surface area (Å²) in [5.74, 6) is 0. The molecule has 0 aliphatic rings. The Kier molecular flexibility index (Phi) is 6.85. The molecule has 0 aliphatic carbocycles. The summed E-state index contributed by atoms with van der Waals surface area (Å²) in [6.45, 7) is 0. The van der Waals surface area contributed by atoms with Crippen molar-refractivity contribution in [3.8, 4) is 44.5 Å². The van der Waals surface area contributed by atoms with E-state index in [0.717, 1.165) is 0 Å². The zero-order valence-corrected chi connectivity index (χ0v) is 30.7. The molecule has 0 unspecified atom stereocenters. The van der Waals surface area contributed by atoms with E-state index in [1.165, 1.54) is 107 Å². The first-order valence-corrected chi connectivity index (χ1v) is 20.4. The predicted octanol–water partition coefficient (Wildman–Crippen LogP) is 14.4. The molecule has 0 spiro atoms. The first-order chi connectivity index (χ1) is 25.8. The van der Waals surface area contributed by atoms with E-state index in [0.29, 0.717) is 0 Å². The molecule has 0 N–H and O–H groups in total. The third-order valence-corrected chi connectivity index (χ3v) is 14.0. The van der Waals surface area contributed by atoms with E-state index in [1.54, 1.807) is 11.3 Å². The molecular formula is C50H30SSe. The van der Waals surface area contributed by atoms with Gasteiger partial charge < -0.3 is 0 Å². The van der Waals surface area contributed by atoms with Crippen molar-refractivity contribution in [3.63, 3.8) is 0 Å². The molecular weight excluding hydrogens is 712 g/mol. The monoisotopic (exact) mass is 742 g/mol. The van der Waals surface area contributed by atoms with E-state index >= 15 is 0 Å². The van der Waals surface area contributed by atoms with Gasteiger partial charge in [0.25, 0.3) is 0 Å². The van der Waals surface area contributed by atoms with Gasteiger partial charge in [-0.1, -0.05) is 0 Å². The normalized spacial score (nSPS) is 11.8. The average molecular weight is 742 g/mol. The third-order valence-electron chi connectivity index (χ3n) is 10.8. The first-order valence-electron chi connectivity index (χ1n) is 17.7. The molecule has 11 aromatic rings. The minimum atomic E-state index is 0.140. The van der Waals surface area contributed by atoms with Gasteiger partial charge in [-0.25, -0.2) is 0 Å². The van der Waals surface area contributed by atoms with Crippen molar-refractivity contribution in [2.45, 2.75) is 0 Å². The van der Waals surface area contributed by atoms with Crippen molar-refractivity contribution in [2.75, 3.05) is 0 Å². The Bertz CT molecular complexity index is 3050. The van der Waals surface area contributed by atoms with Crippen molar-refractivity contribution in [1.82, 2.24) is 0 Å². The zero-order chi connectivity index (χ0) is 34.2. The molecule has 9 aromatic carbocycles. The summed E-state index contributed by atoms with van der Waals surface area (Å²) in [7, 11) is 0. The molecule has 0 saturated heterocycles. The molecule has 0 aliphatic heterocycles. The van der Waals surface area contributed by atoms with Crippen molar-refractivity contribution in [2.24, 2.45) is 0 Å². The summed E-state index contributed by atoms with van der Waals surface area (Å²) in [4.78, 5) is 0. The fourth-order valence-corrected chi connectivity index (χ4v) is 11.9. The molecule has 0 radical (unpaired) electrons. The van der Waals surface area contributed by atoms with Crippen LogP contribution in [0.1, 0.15) is 0 Å². The van der Waals surface area contributed by atoms with E-state index in [1.807, 2.05) is 0 Å². The molecule has 2 aromatic heterocycles. The summed E-state index contributed by atoms with van der Waals surface area (Å²) >= 11 is 1.90. The Labute approximate surface area is 311 Å². The quantitative estimate of drug-likeness (QED) is 0.124. The molecule has 0 saturated carbocycles. The second kappa shape index (κ2) is 11.9. The Balaban J connectivity index is 1.18. The number of hydrogen-bond donors (Lipinski definition) is 0. The fraction of sp³-hybridized carbons (Fsp3) is 0. The van der Waals surface area contributed by atoms with Gasteiger partial charge in [0.05, 0.1) is 0 Å². The SMILES string of the molecule is c1ccc(-c2c3ccccc3c(-c3ccc4c(c3)[se]c3c(-c5c6ccccc6c(-c6ccsc6)c6ccccc56)cccc34)c3ccccc23)cc1. The standard InChI is InChI=1S/C50H30SSe/c1-2-13-31(14-3-1)46-35-15-4-6-17-37(35)47(38-18-7-5-16-36(38)46)32-25-26-34-43-23-12-24-44(50(43)52-45(34)29-32)49-41-21-10-8-19-39(41)48(33-27-28-51-30-33)40-20-9-11-22-42(40)49/h1-30H. The van der Waals surface area contributed by atoms with E-state index < -0.39 is 0 Å². The van der Waals surface area contributed by atoms with Gasteiger partial charge in [0.2, 0.25) is 0 Å². The number of thiophene rings is 1.